The molecule has 2 aliphatic carbocycles. The van der Waals surface area contributed by atoms with Crippen LogP contribution in [0, 0.1) is 13.8 Å². The van der Waals surface area contributed by atoms with Gasteiger partial charge in [0.05, 0.1) is 16.8 Å². The highest BCUT2D eigenvalue weighted by atomic mass is 15.3. The average molecular weight is 972 g/mol. The Morgan fingerprint density at radius 3 is 1.89 bits per heavy atom. The Bertz CT molecular complexity index is 3530. The fourth-order valence-corrected chi connectivity index (χ4v) is 16.0. The second kappa shape index (κ2) is 15.3. The number of anilines is 7. The lowest BCUT2D eigenvalue weighted by atomic mass is 9.33. The van der Waals surface area contributed by atoms with Crippen LogP contribution in [0.15, 0.2) is 127 Å². The number of hydrogen-bond donors (Lipinski definition) is 0. The van der Waals surface area contributed by atoms with Crippen molar-refractivity contribution in [3.05, 3.63) is 177 Å². The van der Waals surface area contributed by atoms with E-state index in [0.717, 1.165) is 19.3 Å². The van der Waals surface area contributed by atoms with Gasteiger partial charge in [-0.25, -0.2) is 0 Å². The molecule has 0 radical (unpaired) electrons. The molecule has 1 fully saturated rings. The van der Waals surface area contributed by atoms with Gasteiger partial charge in [-0.05, 0) is 178 Å². The molecule has 7 aromatic rings. The normalized spacial score (nSPS) is 24.2. The summed E-state index contributed by atoms with van der Waals surface area (Å²) in [5, 5.41) is 0. The van der Waals surface area contributed by atoms with Gasteiger partial charge < -0.3 is 14.7 Å². The number of fused-ring (bicyclic) bond motifs is 12. The summed E-state index contributed by atoms with van der Waals surface area (Å²) in [5.41, 5.74) is 28.3. The van der Waals surface area contributed by atoms with Crippen molar-refractivity contribution in [1.82, 2.24) is 0 Å². The van der Waals surface area contributed by atoms with E-state index in [1.807, 2.05) is 0 Å². The number of nitrogens with zero attached hydrogens (tertiary/aromatic N) is 3. The Balaban J connectivity index is 1.22. The lowest BCUT2D eigenvalue weighted by Gasteiger charge is -2.54. The molecule has 0 amide bonds. The second-order valence-corrected chi connectivity index (χ2v) is 27.8. The summed E-state index contributed by atoms with van der Waals surface area (Å²) in [7, 11) is 0. The van der Waals surface area contributed by atoms with E-state index in [1.165, 1.54) is 131 Å². The fourth-order valence-electron chi connectivity index (χ4n) is 16.0. The molecule has 7 aromatic carbocycles. The Morgan fingerprint density at radius 1 is 0.500 bits per heavy atom. The van der Waals surface area contributed by atoms with Gasteiger partial charge in [-0.3, -0.25) is 0 Å². The zero-order valence-corrected chi connectivity index (χ0v) is 47.3. The predicted octanol–water partition coefficient (Wildman–Crippen LogP) is 16.5. The minimum Gasteiger partial charge on any atom is -0.334 e. The van der Waals surface area contributed by atoms with Crippen molar-refractivity contribution in [2.75, 3.05) is 14.7 Å². The molecule has 4 heteroatoms. The van der Waals surface area contributed by atoms with Crippen LogP contribution in [0.25, 0.3) is 11.1 Å². The van der Waals surface area contributed by atoms with Crippen LogP contribution < -0.4 is 31.1 Å². The van der Waals surface area contributed by atoms with E-state index >= 15 is 0 Å². The first kappa shape index (κ1) is 47.7. The van der Waals surface area contributed by atoms with Gasteiger partial charge in [0.2, 0.25) is 0 Å². The summed E-state index contributed by atoms with van der Waals surface area (Å²) in [5.74, 6) is 0. The van der Waals surface area contributed by atoms with Gasteiger partial charge in [-0.1, -0.05) is 180 Å². The van der Waals surface area contributed by atoms with Gasteiger partial charge in [0.15, 0.2) is 0 Å². The Morgan fingerprint density at radius 2 is 1.16 bits per heavy atom. The number of hydrogen-bond acceptors (Lipinski definition) is 3. The number of aryl methyl sites for hydroxylation is 3. The molecule has 1 saturated carbocycles. The van der Waals surface area contributed by atoms with Crippen LogP contribution in [-0.4, -0.2) is 12.3 Å². The third kappa shape index (κ3) is 6.21. The van der Waals surface area contributed by atoms with Crippen LogP contribution in [0.1, 0.15) is 172 Å². The molecule has 13 rings (SSSR count). The van der Waals surface area contributed by atoms with Crippen LogP contribution in [0.5, 0.6) is 0 Å². The fraction of sp³-hybridized carbons (Fsp3) is 0.400. The van der Waals surface area contributed by atoms with E-state index in [-0.39, 0.29) is 44.9 Å². The van der Waals surface area contributed by atoms with Gasteiger partial charge in [-0.2, -0.15) is 0 Å². The van der Waals surface area contributed by atoms with E-state index in [0.29, 0.717) is 0 Å². The second-order valence-electron chi connectivity index (χ2n) is 27.8. The lowest BCUT2D eigenvalue weighted by molar-refractivity contribution is 0.194. The van der Waals surface area contributed by atoms with Gasteiger partial charge in [0, 0.05) is 50.5 Å². The maximum absolute atomic E-state index is 2.94. The topological polar surface area (TPSA) is 9.72 Å². The smallest absolute Gasteiger partial charge is 0.252 e. The molecule has 4 unspecified atom stereocenters. The summed E-state index contributed by atoms with van der Waals surface area (Å²) >= 11 is 0. The van der Waals surface area contributed by atoms with Crippen molar-refractivity contribution < 1.29 is 0 Å². The molecule has 0 bridgehead atoms. The summed E-state index contributed by atoms with van der Waals surface area (Å²) in [6.45, 7) is 36.7. The molecule has 4 aliphatic heterocycles. The monoisotopic (exact) mass is 972 g/mol. The zero-order chi connectivity index (χ0) is 52.0. The van der Waals surface area contributed by atoms with Gasteiger partial charge in [-0.15, -0.1) is 0 Å². The Hall–Kier alpha value is -6.00. The van der Waals surface area contributed by atoms with Crippen molar-refractivity contribution in [1.29, 1.82) is 0 Å². The SMILES string of the molecule is Cc1cc(C)c2c(c1)N(c1cc3c4c(c1)N1c5c(cc(C(C)(C)C)cc5C5(C)CCc6ccccc6C15C)B4c1ccc(C(C)(C)C)cc1N3c1ccc(C(C)(C)C)cc1-c1ccccc1)C1(C)CCCCC21C. The minimum atomic E-state index is -0.364. The highest BCUT2D eigenvalue weighted by molar-refractivity contribution is 7.00. The van der Waals surface area contributed by atoms with Crippen LogP contribution in [0.3, 0.4) is 0 Å². The van der Waals surface area contributed by atoms with Crippen LogP contribution >= 0.6 is 0 Å². The summed E-state index contributed by atoms with van der Waals surface area (Å²) in [4.78, 5) is 8.58. The summed E-state index contributed by atoms with van der Waals surface area (Å²) in [6.07, 6.45) is 7.00. The van der Waals surface area contributed by atoms with Crippen molar-refractivity contribution in [3.63, 3.8) is 0 Å². The number of benzene rings is 7. The third-order valence-electron chi connectivity index (χ3n) is 20.4. The highest BCUT2D eigenvalue weighted by Gasteiger charge is 2.64. The van der Waals surface area contributed by atoms with Crippen molar-refractivity contribution in [2.45, 2.75) is 181 Å². The summed E-state index contributed by atoms with van der Waals surface area (Å²) in [6, 6.07) is 51.5. The van der Waals surface area contributed by atoms with E-state index in [1.54, 1.807) is 5.56 Å². The first-order chi connectivity index (χ1) is 34.9. The Labute approximate surface area is 444 Å². The van der Waals surface area contributed by atoms with Gasteiger partial charge in [0.1, 0.15) is 0 Å². The molecule has 3 nitrogen and oxygen atoms in total. The summed E-state index contributed by atoms with van der Waals surface area (Å²) < 4.78 is 0. The standard InChI is InChI=1S/C70H78BN3/c1-43-35-44(2)61-58(36-43)73(69(14)33-22-21-32-68(61,69)13)50-41-59-62-60(42-50)74-63-53(67(12)34-31-46-25-19-20-26-52(46)70(67,74)15)38-49(66(9,10)11)39-55(63)71(62)54-29-27-48(65(6,7)8)40-57(54)72(59)56-30-28-47(64(3,4)5)37-51(56)45-23-17-16-18-24-45/h16-20,23-30,35-42H,21-22,31-34H2,1-15H3. The molecule has 6 aliphatic rings. The average Bonchev–Trinajstić information content (AvgIpc) is 3.79. The van der Waals surface area contributed by atoms with Crippen molar-refractivity contribution in [2.24, 2.45) is 0 Å². The largest absolute Gasteiger partial charge is 0.334 e. The minimum absolute atomic E-state index is 0.00513. The quantitative estimate of drug-likeness (QED) is 0.163. The van der Waals surface area contributed by atoms with Crippen LogP contribution in [0.2, 0.25) is 0 Å². The lowest BCUT2D eigenvalue weighted by Crippen LogP contribution is -2.64. The van der Waals surface area contributed by atoms with E-state index in [4.69, 9.17) is 0 Å². The van der Waals surface area contributed by atoms with E-state index in [2.05, 4.69) is 246 Å². The zero-order valence-electron chi connectivity index (χ0n) is 47.3. The van der Waals surface area contributed by atoms with Crippen molar-refractivity contribution in [3.8, 4) is 11.1 Å². The van der Waals surface area contributed by atoms with Crippen molar-refractivity contribution >= 4 is 62.9 Å². The molecule has 4 atom stereocenters. The first-order valence-electron chi connectivity index (χ1n) is 28.2. The molecule has 0 spiro atoms. The predicted molar refractivity (Wildman–Crippen MR) is 318 cm³/mol. The van der Waals surface area contributed by atoms with Crippen LogP contribution in [0.4, 0.5) is 39.8 Å². The van der Waals surface area contributed by atoms with E-state index in [9.17, 15) is 0 Å². The van der Waals surface area contributed by atoms with Crippen LogP contribution in [-0.2, 0) is 39.0 Å². The van der Waals surface area contributed by atoms with Gasteiger partial charge >= 0.3 is 0 Å². The molecular formula is C70H78BN3. The Kier molecular flexibility index (Phi) is 9.88. The molecule has 0 saturated heterocycles. The third-order valence-corrected chi connectivity index (χ3v) is 20.4. The number of rotatable bonds is 3. The van der Waals surface area contributed by atoms with Gasteiger partial charge in [0.25, 0.3) is 6.71 Å². The molecule has 4 heterocycles. The maximum Gasteiger partial charge on any atom is 0.252 e. The first-order valence-corrected chi connectivity index (χ1v) is 28.2. The highest BCUT2D eigenvalue weighted by Crippen LogP contribution is 2.67. The molecule has 74 heavy (non-hydrogen) atoms. The molecule has 0 aromatic heterocycles. The molecule has 0 N–H and O–H groups in total. The molecular weight excluding hydrogens is 894 g/mol. The molecule has 376 valence electrons. The van der Waals surface area contributed by atoms with E-state index < -0.39 is 0 Å². The maximum atomic E-state index is 2.94.